The maximum atomic E-state index is 12.2. The zero-order chi connectivity index (χ0) is 19.2. The normalized spacial score (nSPS) is 16.7. The maximum absolute atomic E-state index is 12.2. The summed E-state index contributed by atoms with van der Waals surface area (Å²) in [5, 5.41) is 4.24. The van der Waals surface area contributed by atoms with Crippen LogP contribution < -0.4 is 5.48 Å². The van der Waals surface area contributed by atoms with Crippen LogP contribution in [0.4, 0.5) is 0 Å². The van der Waals surface area contributed by atoms with Gasteiger partial charge in [-0.15, -0.1) is 0 Å². The van der Waals surface area contributed by atoms with Crippen LogP contribution in [0, 0.1) is 6.92 Å². The Balaban J connectivity index is 1.64. The third kappa shape index (κ3) is 4.53. The van der Waals surface area contributed by atoms with E-state index in [0.29, 0.717) is 30.0 Å². The number of rotatable bonds is 6. The molecule has 144 valence electrons. The molecule has 0 spiro atoms. The van der Waals surface area contributed by atoms with Crippen LogP contribution in [-0.4, -0.2) is 41.2 Å². The number of benzene rings is 1. The molecule has 0 bridgehead atoms. The van der Waals surface area contributed by atoms with Gasteiger partial charge in [0.1, 0.15) is 5.56 Å². The summed E-state index contributed by atoms with van der Waals surface area (Å²) < 4.78 is 12.0. The summed E-state index contributed by atoms with van der Waals surface area (Å²) in [4.78, 5) is 29.4. The zero-order valence-corrected chi connectivity index (χ0v) is 15.4. The van der Waals surface area contributed by atoms with E-state index in [0.717, 1.165) is 24.9 Å². The number of hydrogen-bond donors (Lipinski definition) is 1. The van der Waals surface area contributed by atoms with Crippen LogP contribution in [0.25, 0.3) is 5.69 Å². The predicted molar refractivity (Wildman–Crippen MR) is 96.4 cm³/mol. The van der Waals surface area contributed by atoms with Crippen molar-refractivity contribution in [3.8, 4) is 5.69 Å². The molecule has 27 heavy (non-hydrogen) atoms. The molecule has 1 saturated heterocycles. The number of hydrogen-bond acceptors (Lipinski definition) is 6. The van der Waals surface area contributed by atoms with Crippen molar-refractivity contribution in [2.45, 2.75) is 39.4 Å². The first kappa shape index (κ1) is 19.1. The average molecular weight is 373 g/mol. The fourth-order valence-corrected chi connectivity index (χ4v) is 2.82. The van der Waals surface area contributed by atoms with E-state index in [2.05, 4.69) is 10.6 Å². The van der Waals surface area contributed by atoms with Crippen LogP contribution in [0.2, 0.25) is 0 Å². The van der Waals surface area contributed by atoms with Crippen molar-refractivity contribution in [2.24, 2.45) is 0 Å². The van der Waals surface area contributed by atoms with Gasteiger partial charge in [-0.25, -0.2) is 19.8 Å². The molecule has 1 aromatic heterocycles. The molecule has 0 aliphatic carbocycles. The van der Waals surface area contributed by atoms with Gasteiger partial charge >= 0.3 is 5.97 Å². The molecule has 1 aliphatic rings. The number of carbonyl (C=O) groups excluding carboxylic acids is 2. The van der Waals surface area contributed by atoms with Crippen molar-refractivity contribution >= 4 is 11.9 Å². The Morgan fingerprint density at radius 1 is 1.30 bits per heavy atom. The summed E-state index contributed by atoms with van der Waals surface area (Å²) in [6.07, 6.45) is 3.88. The first-order chi connectivity index (χ1) is 13.1. The summed E-state index contributed by atoms with van der Waals surface area (Å²) >= 11 is 0. The Bertz CT molecular complexity index is 794. The minimum Gasteiger partial charge on any atom is -0.462 e. The lowest BCUT2D eigenvalue weighted by Crippen LogP contribution is -2.33. The van der Waals surface area contributed by atoms with Crippen molar-refractivity contribution in [1.29, 1.82) is 0 Å². The fraction of sp³-hybridized carbons (Fsp3) is 0.421. The first-order valence-electron chi connectivity index (χ1n) is 9.00. The summed E-state index contributed by atoms with van der Waals surface area (Å²) in [5.74, 6) is -0.751. The minimum absolute atomic E-state index is 0.307. The molecular formula is C19H23N3O5. The topological polar surface area (TPSA) is 91.7 Å². The van der Waals surface area contributed by atoms with E-state index in [1.807, 2.05) is 0 Å². The highest BCUT2D eigenvalue weighted by molar-refractivity contribution is 5.93. The van der Waals surface area contributed by atoms with Gasteiger partial charge in [-0.3, -0.25) is 4.79 Å². The van der Waals surface area contributed by atoms with Gasteiger partial charge < -0.3 is 9.47 Å². The van der Waals surface area contributed by atoms with E-state index in [4.69, 9.17) is 14.3 Å². The zero-order valence-electron chi connectivity index (χ0n) is 15.4. The number of nitrogens with one attached hydrogen (secondary N) is 1. The molecule has 1 amide bonds. The monoisotopic (exact) mass is 373 g/mol. The second-order valence-corrected chi connectivity index (χ2v) is 6.17. The molecule has 1 aromatic carbocycles. The summed E-state index contributed by atoms with van der Waals surface area (Å²) in [6.45, 7) is 4.50. The van der Waals surface area contributed by atoms with Crippen LogP contribution >= 0.6 is 0 Å². The molecule has 1 unspecified atom stereocenters. The first-order valence-corrected chi connectivity index (χ1v) is 9.00. The lowest BCUT2D eigenvalue weighted by molar-refractivity contribution is -0.186. The third-order valence-electron chi connectivity index (χ3n) is 4.30. The molecule has 1 aliphatic heterocycles. The highest BCUT2D eigenvalue weighted by Gasteiger charge is 2.18. The van der Waals surface area contributed by atoms with E-state index in [1.165, 1.54) is 6.20 Å². The summed E-state index contributed by atoms with van der Waals surface area (Å²) in [7, 11) is 0. The Hall–Kier alpha value is -2.71. The van der Waals surface area contributed by atoms with Crippen LogP contribution in [-0.2, 0) is 14.3 Å². The van der Waals surface area contributed by atoms with Crippen molar-refractivity contribution in [3.63, 3.8) is 0 Å². The minimum atomic E-state index is -0.403. The quantitative estimate of drug-likeness (QED) is 0.618. The standard InChI is InChI=1S/C19H23N3O5/c1-3-25-19(24)16-12-20-22(13(16)2)15-9-7-14(8-10-15)18(23)21-27-17-6-4-5-11-26-17/h7-10,12,17H,3-6,11H2,1-2H3,(H,21,23). The molecule has 2 heterocycles. The Labute approximate surface area is 157 Å². The highest BCUT2D eigenvalue weighted by Crippen LogP contribution is 2.16. The molecule has 1 N–H and O–H groups in total. The van der Waals surface area contributed by atoms with Gasteiger partial charge in [0, 0.05) is 18.6 Å². The number of hydroxylamine groups is 1. The number of carbonyl (C=O) groups is 2. The molecule has 8 heteroatoms. The van der Waals surface area contributed by atoms with Crippen LogP contribution in [0.1, 0.15) is 52.6 Å². The highest BCUT2D eigenvalue weighted by atomic mass is 16.8. The largest absolute Gasteiger partial charge is 0.462 e. The van der Waals surface area contributed by atoms with Gasteiger partial charge in [0.25, 0.3) is 5.91 Å². The molecule has 1 atom stereocenters. The number of aromatic nitrogens is 2. The Morgan fingerprint density at radius 3 is 2.74 bits per heavy atom. The molecule has 0 saturated carbocycles. The van der Waals surface area contributed by atoms with Crippen LogP contribution in [0.15, 0.2) is 30.5 Å². The molecular weight excluding hydrogens is 350 g/mol. The van der Waals surface area contributed by atoms with E-state index in [-0.39, 0.29) is 5.91 Å². The van der Waals surface area contributed by atoms with Gasteiger partial charge in [-0.05, 0) is 51.0 Å². The van der Waals surface area contributed by atoms with Crippen molar-refractivity contribution in [1.82, 2.24) is 15.3 Å². The summed E-state index contributed by atoms with van der Waals surface area (Å²) in [5.41, 5.74) is 4.69. The van der Waals surface area contributed by atoms with Gasteiger partial charge in [-0.1, -0.05) is 0 Å². The van der Waals surface area contributed by atoms with E-state index in [9.17, 15) is 9.59 Å². The van der Waals surface area contributed by atoms with E-state index >= 15 is 0 Å². The number of esters is 1. The fourth-order valence-electron chi connectivity index (χ4n) is 2.82. The van der Waals surface area contributed by atoms with Crippen molar-refractivity contribution in [2.75, 3.05) is 13.2 Å². The smallest absolute Gasteiger partial charge is 0.341 e. The van der Waals surface area contributed by atoms with Crippen molar-refractivity contribution < 1.29 is 23.9 Å². The molecule has 1 fully saturated rings. The molecule has 3 rings (SSSR count). The van der Waals surface area contributed by atoms with Crippen LogP contribution in [0.5, 0.6) is 0 Å². The van der Waals surface area contributed by atoms with Gasteiger partial charge in [0.05, 0.1) is 24.2 Å². The van der Waals surface area contributed by atoms with E-state index < -0.39 is 12.3 Å². The van der Waals surface area contributed by atoms with E-state index in [1.54, 1.807) is 42.8 Å². The molecule has 8 nitrogen and oxygen atoms in total. The lowest BCUT2D eigenvalue weighted by Gasteiger charge is -2.22. The Kier molecular flexibility index (Phi) is 6.20. The molecule has 2 aromatic rings. The second-order valence-electron chi connectivity index (χ2n) is 6.17. The average Bonchev–Trinajstić information content (AvgIpc) is 3.08. The predicted octanol–water partition coefficient (Wildman–Crippen LogP) is 2.55. The maximum Gasteiger partial charge on any atom is 0.341 e. The second kappa shape index (κ2) is 8.79. The van der Waals surface area contributed by atoms with Gasteiger partial charge in [-0.2, -0.15) is 5.10 Å². The van der Waals surface area contributed by atoms with Gasteiger partial charge in [0.2, 0.25) is 0 Å². The number of nitrogens with zero attached hydrogens (tertiary/aromatic N) is 2. The SMILES string of the molecule is CCOC(=O)c1cnn(-c2ccc(C(=O)NOC3CCCCO3)cc2)c1C. The Morgan fingerprint density at radius 2 is 2.07 bits per heavy atom. The lowest BCUT2D eigenvalue weighted by atomic mass is 10.2. The molecule has 0 radical (unpaired) electrons. The third-order valence-corrected chi connectivity index (χ3v) is 4.30. The number of ether oxygens (including phenoxy) is 2. The summed E-state index contributed by atoms with van der Waals surface area (Å²) in [6, 6.07) is 6.84. The van der Waals surface area contributed by atoms with Gasteiger partial charge in [0.15, 0.2) is 6.29 Å². The van der Waals surface area contributed by atoms with Crippen LogP contribution in [0.3, 0.4) is 0 Å². The van der Waals surface area contributed by atoms with Crippen molar-refractivity contribution in [3.05, 3.63) is 47.3 Å². The number of amides is 1.